The van der Waals surface area contributed by atoms with Gasteiger partial charge in [-0.05, 0) is 57.8 Å². The number of hydrogen-bond acceptors (Lipinski definition) is 5. The molecule has 0 fully saturated rings. The molecule has 0 aromatic heterocycles. The minimum Gasteiger partial charge on any atom is -0.466 e. The quantitative estimate of drug-likeness (QED) is 0.0321. The molecule has 0 saturated heterocycles. The summed E-state index contributed by atoms with van der Waals surface area (Å²) in [5.41, 5.74) is 0. The average molecular weight is 959 g/mol. The van der Waals surface area contributed by atoms with E-state index in [4.69, 9.17) is 4.74 Å². The summed E-state index contributed by atoms with van der Waals surface area (Å²) in [5.74, 6) is -0.0794. The van der Waals surface area contributed by atoms with E-state index < -0.39 is 12.1 Å². The van der Waals surface area contributed by atoms with Gasteiger partial charge in [0.1, 0.15) is 0 Å². The number of rotatable bonds is 57. The maximum absolute atomic E-state index is 12.5. The Bertz CT molecular complexity index is 1060. The second-order valence-corrected chi connectivity index (χ2v) is 21.0. The summed E-state index contributed by atoms with van der Waals surface area (Å²) >= 11 is 0. The highest BCUT2D eigenvalue weighted by Gasteiger charge is 2.18. The lowest BCUT2D eigenvalue weighted by molar-refractivity contribution is -0.143. The van der Waals surface area contributed by atoms with Crippen LogP contribution in [0.4, 0.5) is 0 Å². The molecule has 1 amide bonds. The molecule has 0 radical (unpaired) electrons. The number of carbonyl (C=O) groups excluding carboxylic acids is 2. The van der Waals surface area contributed by atoms with E-state index in [1.807, 2.05) is 6.08 Å². The van der Waals surface area contributed by atoms with Crippen LogP contribution >= 0.6 is 0 Å². The number of nitrogens with one attached hydrogen (secondary N) is 1. The molecule has 0 bridgehead atoms. The van der Waals surface area contributed by atoms with Crippen LogP contribution in [0.15, 0.2) is 24.3 Å². The highest BCUT2D eigenvalue weighted by atomic mass is 16.5. The molecule has 0 rings (SSSR count). The standard InChI is InChI=1S/C62H119NO5/c1-3-5-7-9-11-13-15-16-17-18-19-20-21-22-23-25-28-31-35-38-42-46-50-54-60(65)59(58-64)63-61(66)55-51-47-43-39-36-32-29-26-24-27-30-33-37-41-45-49-53-57-68-62(67)56-52-48-44-40-34-14-12-10-8-6-4-2/h24,27,50,54,59-60,64-65H,3-23,25-26,28-49,51-53,55-58H2,1-2H3,(H,63,66)/b27-24-,54-50+. The van der Waals surface area contributed by atoms with Crippen molar-refractivity contribution in [2.24, 2.45) is 0 Å². The van der Waals surface area contributed by atoms with Crippen LogP contribution < -0.4 is 5.32 Å². The van der Waals surface area contributed by atoms with Gasteiger partial charge in [0.25, 0.3) is 0 Å². The molecule has 68 heavy (non-hydrogen) atoms. The van der Waals surface area contributed by atoms with E-state index in [9.17, 15) is 19.8 Å². The summed E-state index contributed by atoms with van der Waals surface area (Å²) < 4.78 is 5.45. The Morgan fingerprint density at radius 3 is 1.04 bits per heavy atom. The molecular formula is C62H119NO5. The largest absolute Gasteiger partial charge is 0.466 e. The number of hydrogen-bond donors (Lipinski definition) is 3. The van der Waals surface area contributed by atoms with Crippen LogP contribution in [0.2, 0.25) is 0 Å². The Balaban J connectivity index is 3.49. The average Bonchev–Trinajstić information content (AvgIpc) is 3.34. The Labute approximate surface area is 424 Å². The van der Waals surface area contributed by atoms with Crippen molar-refractivity contribution >= 4 is 11.9 Å². The van der Waals surface area contributed by atoms with Crippen molar-refractivity contribution in [2.75, 3.05) is 13.2 Å². The normalized spacial score (nSPS) is 12.7. The van der Waals surface area contributed by atoms with Crippen LogP contribution in [0.25, 0.3) is 0 Å². The predicted octanol–water partition coefficient (Wildman–Crippen LogP) is 19.0. The Hall–Kier alpha value is -1.66. The molecule has 2 unspecified atom stereocenters. The minimum absolute atomic E-state index is 0.00257. The van der Waals surface area contributed by atoms with Gasteiger partial charge in [0, 0.05) is 12.8 Å². The number of aliphatic hydroxyl groups is 2. The molecule has 2 atom stereocenters. The first-order valence-corrected chi connectivity index (χ1v) is 30.6. The van der Waals surface area contributed by atoms with Gasteiger partial charge < -0.3 is 20.3 Å². The fourth-order valence-electron chi connectivity index (χ4n) is 9.51. The van der Waals surface area contributed by atoms with Crippen molar-refractivity contribution in [3.8, 4) is 0 Å². The van der Waals surface area contributed by atoms with Crippen LogP contribution in [0.5, 0.6) is 0 Å². The maximum atomic E-state index is 12.5. The molecule has 402 valence electrons. The van der Waals surface area contributed by atoms with Crippen LogP contribution in [0, 0.1) is 0 Å². The summed E-state index contributed by atoms with van der Waals surface area (Å²) in [6, 6.07) is -0.637. The van der Waals surface area contributed by atoms with Crippen LogP contribution in [-0.2, 0) is 14.3 Å². The number of aliphatic hydroxyl groups excluding tert-OH is 2. The van der Waals surface area contributed by atoms with Crippen molar-refractivity contribution < 1.29 is 24.5 Å². The molecule has 6 nitrogen and oxygen atoms in total. The third-order valence-corrected chi connectivity index (χ3v) is 14.2. The summed E-state index contributed by atoms with van der Waals surface area (Å²) in [6.45, 7) is 4.90. The van der Waals surface area contributed by atoms with Crippen LogP contribution in [0.1, 0.15) is 335 Å². The smallest absolute Gasteiger partial charge is 0.305 e. The number of carbonyl (C=O) groups is 2. The van der Waals surface area contributed by atoms with Crippen molar-refractivity contribution in [1.29, 1.82) is 0 Å². The molecule has 0 aliphatic rings. The third kappa shape index (κ3) is 53.7. The number of amides is 1. The number of ether oxygens (including phenoxy) is 1. The van der Waals surface area contributed by atoms with Gasteiger partial charge in [-0.1, -0.05) is 289 Å². The SMILES string of the molecule is CCCCCCCCCCCCCCCCCCCCCCC/C=C/C(O)C(CO)NC(=O)CCCCCCCCC/C=C\CCCCCCCCOC(=O)CCCCCCCCCCCCC. The van der Waals surface area contributed by atoms with Gasteiger partial charge in [-0.15, -0.1) is 0 Å². The molecule has 0 heterocycles. The van der Waals surface area contributed by atoms with Crippen molar-refractivity contribution in [3.63, 3.8) is 0 Å². The zero-order valence-corrected chi connectivity index (χ0v) is 45.9. The van der Waals surface area contributed by atoms with Gasteiger partial charge in [-0.25, -0.2) is 0 Å². The predicted molar refractivity (Wildman–Crippen MR) is 296 cm³/mol. The highest BCUT2D eigenvalue weighted by molar-refractivity contribution is 5.76. The topological polar surface area (TPSA) is 95.9 Å². The Morgan fingerprint density at radius 2 is 0.691 bits per heavy atom. The molecule has 0 spiro atoms. The van der Waals surface area contributed by atoms with E-state index >= 15 is 0 Å². The van der Waals surface area contributed by atoms with Crippen LogP contribution in [-0.4, -0.2) is 47.4 Å². The zero-order valence-electron chi connectivity index (χ0n) is 45.9. The lowest BCUT2D eigenvalue weighted by Gasteiger charge is -2.20. The molecule has 0 aliphatic heterocycles. The maximum Gasteiger partial charge on any atom is 0.305 e. The lowest BCUT2D eigenvalue weighted by atomic mass is 10.0. The minimum atomic E-state index is -0.853. The van der Waals surface area contributed by atoms with E-state index in [0.717, 1.165) is 57.8 Å². The second kappa shape index (κ2) is 57.9. The van der Waals surface area contributed by atoms with Gasteiger partial charge in [-0.3, -0.25) is 9.59 Å². The fourth-order valence-corrected chi connectivity index (χ4v) is 9.51. The van der Waals surface area contributed by atoms with Crippen molar-refractivity contribution in [3.05, 3.63) is 24.3 Å². The number of unbranched alkanes of at least 4 members (excludes halogenated alkanes) is 44. The van der Waals surface area contributed by atoms with E-state index in [-0.39, 0.29) is 18.5 Å². The molecule has 0 saturated carbocycles. The van der Waals surface area contributed by atoms with Gasteiger partial charge in [0.2, 0.25) is 5.91 Å². The summed E-state index contributed by atoms with van der Waals surface area (Å²) in [6.07, 6.45) is 70.7. The highest BCUT2D eigenvalue weighted by Crippen LogP contribution is 2.17. The molecular weight excluding hydrogens is 839 g/mol. The molecule has 3 N–H and O–H groups in total. The molecule has 0 aromatic carbocycles. The molecule has 0 aromatic rings. The van der Waals surface area contributed by atoms with E-state index in [2.05, 4.69) is 31.3 Å². The zero-order chi connectivity index (χ0) is 49.3. The van der Waals surface area contributed by atoms with Crippen molar-refractivity contribution in [2.45, 2.75) is 347 Å². The van der Waals surface area contributed by atoms with E-state index in [1.54, 1.807) is 6.08 Å². The monoisotopic (exact) mass is 958 g/mol. The van der Waals surface area contributed by atoms with Gasteiger partial charge in [0.05, 0.1) is 25.4 Å². The summed E-state index contributed by atoms with van der Waals surface area (Å²) in [5, 5.41) is 23.2. The first-order chi connectivity index (χ1) is 33.5. The van der Waals surface area contributed by atoms with E-state index in [0.29, 0.717) is 19.4 Å². The Morgan fingerprint density at radius 1 is 0.397 bits per heavy atom. The first kappa shape index (κ1) is 66.3. The van der Waals surface area contributed by atoms with Crippen molar-refractivity contribution in [1.82, 2.24) is 5.32 Å². The summed E-state index contributed by atoms with van der Waals surface area (Å²) in [4.78, 5) is 24.5. The third-order valence-electron chi connectivity index (χ3n) is 14.2. The van der Waals surface area contributed by atoms with Crippen LogP contribution in [0.3, 0.4) is 0 Å². The molecule has 0 aliphatic carbocycles. The first-order valence-electron chi connectivity index (χ1n) is 30.6. The van der Waals surface area contributed by atoms with Gasteiger partial charge in [0.15, 0.2) is 0 Å². The van der Waals surface area contributed by atoms with E-state index in [1.165, 1.54) is 250 Å². The van der Waals surface area contributed by atoms with Gasteiger partial charge >= 0.3 is 5.97 Å². The second-order valence-electron chi connectivity index (χ2n) is 21.0. The number of esters is 1. The molecule has 6 heteroatoms. The van der Waals surface area contributed by atoms with Gasteiger partial charge in [-0.2, -0.15) is 0 Å². The fraction of sp³-hybridized carbons (Fsp3) is 0.903. The lowest BCUT2D eigenvalue weighted by Crippen LogP contribution is -2.45. The Kier molecular flexibility index (Phi) is 56.5. The number of allylic oxidation sites excluding steroid dienone is 3. The summed E-state index contributed by atoms with van der Waals surface area (Å²) in [7, 11) is 0.